The van der Waals surface area contributed by atoms with Gasteiger partial charge in [0, 0.05) is 5.92 Å². The van der Waals surface area contributed by atoms with Crippen LogP contribution in [0.15, 0.2) is 0 Å². The molecule has 4 rings (SSSR count). The number of Topliss-reactive ketones (excluding diaryl/α,β-unsaturated/α-hetero) is 1. The molecule has 0 spiro atoms. The highest BCUT2D eigenvalue weighted by Crippen LogP contribution is 2.68. The van der Waals surface area contributed by atoms with Crippen LogP contribution in [0.4, 0.5) is 0 Å². The third kappa shape index (κ3) is 2.49. The van der Waals surface area contributed by atoms with Crippen LogP contribution in [-0.2, 0) is 4.79 Å². The van der Waals surface area contributed by atoms with Crippen molar-refractivity contribution in [3.8, 4) is 0 Å². The first-order valence-electron chi connectivity index (χ1n) is 11.0. The van der Waals surface area contributed by atoms with Crippen molar-refractivity contribution in [1.29, 1.82) is 0 Å². The minimum absolute atomic E-state index is 0.273. The van der Waals surface area contributed by atoms with Gasteiger partial charge in [-0.3, -0.25) is 4.79 Å². The molecule has 4 aliphatic carbocycles. The maximum absolute atomic E-state index is 12.3. The van der Waals surface area contributed by atoms with E-state index >= 15 is 0 Å². The fourth-order valence-electron chi connectivity index (χ4n) is 8.61. The minimum atomic E-state index is -0.438. The average molecular weight is 347 g/mol. The Labute approximate surface area is 154 Å². The van der Waals surface area contributed by atoms with Gasteiger partial charge in [-0.2, -0.15) is 0 Å². The predicted molar refractivity (Wildman–Crippen MR) is 101 cm³/mol. The van der Waals surface area contributed by atoms with Crippen molar-refractivity contribution < 1.29 is 9.90 Å². The van der Waals surface area contributed by atoms with E-state index in [0.717, 1.165) is 42.9 Å². The normalized spacial score (nSPS) is 55.2. The van der Waals surface area contributed by atoms with Crippen LogP contribution >= 0.6 is 0 Å². The molecule has 142 valence electrons. The van der Waals surface area contributed by atoms with Gasteiger partial charge in [-0.15, -0.1) is 0 Å². The fraction of sp³-hybridized carbons (Fsp3) is 0.957. The molecule has 0 aromatic rings. The lowest BCUT2D eigenvalue weighted by molar-refractivity contribution is -0.158. The zero-order valence-electron chi connectivity index (χ0n) is 16.8. The molecule has 1 N–H and O–H groups in total. The van der Waals surface area contributed by atoms with Gasteiger partial charge in [-0.05, 0) is 113 Å². The van der Waals surface area contributed by atoms with E-state index in [4.69, 9.17) is 0 Å². The van der Waals surface area contributed by atoms with Crippen LogP contribution in [0.3, 0.4) is 0 Å². The molecule has 0 heterocycles. The Hall–Kier alpha value is -0.370. The van der Waals surface area contributed by atoms with Crippen molar-refractivity contribution in [2.24, 2.45) is 40.4 Å². The molecule has 4 aliphatic rings. The Morgan fingerprint density at radius 2 is 1.76 bits per heavy atom. The highest BCUT2D eigenvalue weighted by Gasteiger charge is 2.62. The number of fused-ring (bicyclic) bond motifs is 5. The monoisotopic (exact) mass is 346 g/mol. The van der Waals surface area contributed by atoms with Gasteiger partial charge in [0.05, 0.1) is 5.60 Å². The molecule has 2 nitrogen and oxygen atoms in total. The molecule has 0 aliphatic heterocycles. The number of hydrogen-bond donors (Lipinski definition) is 1. The van der Waals surface area contributed by atoms with Crippen LogP contribution in [0.5, 0.6) is 0 Å². The summed E-state index contributed by atoms with van der Waals surface area (Å²) in [7, 11) is 0. The van der Waals surface area contributed by atoms with Gasteiger partial charge in [0.1, 0.15) is 5.78 Å². The van der Waals surface area contributed by atoms with Crippen LogP contribution < -0.4 is 0 Å². The molecule has 0 saturated heterocycles. The van der Waals surface area contributed by atoms with E-state index < -0.39 is 5.60 Å². The predicted octanol–water partition coefficient (Wildman–Crippen LogP) is 5.38. The summed E-state index contributed by atoms with van der Waals surface area (Å²) in [6.07, 6.45) is 12.2. The van der Waals surface area contributed by atoms with Crippen LogP contribution in [0.2, 0.25) is 0 Å². The lowest BCUT2D eigenvalue weighted by Gasteiger charge is -2.63. The Morgan fingerprint density at radius 1 is 1.00 bits per heavy atom. The summed E-state index contributed by atoms with van der Waals surface area (Å²) in [5.41, 5.74) is 0.308. The summed E-state index contributed by atoms with van der Waals surface area (Å²) in [4.78, 5) is 12.3. The molecule has 1 unspecified atom stereocenters. The summed E-state index contributed by atoms with van der Waals surface area (Å²) in [6.45, 7) is 8.75. The third-order valence-electron chi connectivity index (χ3n) is 9.80. The fourth-order valence-corrected chi connectivity index (χ4v) is 8.61. The molecule has 0 amide bonds. The van der Waals surface area contributed by atoms with E-state index in [1.165, 1.54) is 44.9 Å². The second-order valence-electron chi connectivity index (χ2n) is 10.7. The molecule has 25 heavy (non-hydrogen) atoms. The largest absolute Gasteiger partial charge is 0.390 e. The molecule has 4 fully saturated rings. The van der Waals surface area contributed by atoms with E-state index in [0.29, 0.717) is 17.1 Å². The maximum Gasteiger partial charge on any atom is 0.133 e. The van der Waals surface area contributed by atoms with Crippen LogP contribution in [0.25, 0.3) is 0 Å². The smallest absolute Gasteiger partial charge is 0.133 e. The SMILES string of the molecule is CC[C@]12CCC(C)(O)C[C@@H]1CC[C@H]1[C@@H]3CC[C@H](C(C)=O)[C@@]3(C)CC[C@@H]12. The van der Waals surface area contributed by atoms with E-state index in [-0.39, 0.29) is 5.41 Å². The van der Waals surface area contributed by atoms with E-state index in [2.05, 4.69) is 20.8 Å². The molecule has 0 radical (unpaired) electrons. The molecular weight excluding hydrogens is 308 g/mol. The zero-order chi connectivity index (χ0) is 18.0. The highest BCUT2D eigenvalue weighted by atomic mass is 16.3. The molecule has 0 aromatic carbocycles. The van der Waals surface area contributed by atoms with Crippen LogP contribution in [0, 0.1) is 40.4 Å². The first-order chi connectivity index (χ1) is 11.7. The summed E-state index contributed by atoms with van der Waals surface area (Å²) < 4.78 is 0. The Morgan fingerprint density at radius 3 is 2.44 bits per heavy atom. The average Bonchev–Trinajstić information content (AvgIpc) is 2.91. The first kappa shape index (κ1) is 18.0. The Balaban J connectivity index is 1.64. The molecule has 8 atom stereocenters. The molecular formula is C23H38O2. The van der Waals surface area contributed by atoms with Crippen molar-refractivity contribution in [3.63, 3.8) is 0 Å². The lowest BCUT2D eigenvalue weighted by Crippen LogP contribution is -2.56. The number of carbonyl (C=O) groups is 1. The quantitative estimate of drug-likeness (QED) is 0.729. The van der Waals surface area contributed by atoms with E-state index in [1.54, 1.807) is 0 Å². The van der Waals surface area contributed by atoms with Crippen molar-refractivity contribution in [2.75, 3.05) is 0 Å². The molecule has 0 aromatic heterocycles. The zero-order valence-corrected chi connectivity index (χ0v) is 16.8. The van der Waals surface area contributed by atoms with Crippen molar-refractivity contribution in [3.05, 3.63) is 0 Å². The minimum Gasteiger partial charge on any atom is -0.390 e. The Bertz CT molecular complexity index is 552. The van der Waals surface area contributed by atoms with Gasteiger partial charge in [0.15, 0.2) is 0 Å². The van der Waals surface area contributed by atoms with Crippen molar-refractivity contribution >= 4 is 5.78 Å². The van der Waals surface area contributed by atoms with E-state index in [9.17, 15) is 9.90 Å². The van der Waals surface area contributed by atoms with Crippen LogP contribution in [0.1, 0.15) is 91.9 Å². The summed E-state index contributed by atoms with van der Waals surface area (Å²) in [6, 6.07) is 0. The van der Waals surface area contributed by atoms with Crippen molar-refractivity contribution in [2.45, 2.75) is 97.5 Å². The standard InChI is InChI=1S/C23H38O2/c1-5-23-13-12-21(3,25)14-16(23)6-7-17-19-9-8-18(15(2)24)22(19,4)11-10-20(17)23/h16-20,25H,5-14H2,1-4H3/t16-,17-,18+,19-,20-,21?,22+,23-/m0/s1. The number of ketones is 1. The topological polar surface area (TPSA) is 37.3 Å². The number of rotatable bonds is 2. The second-order valence-corrected chi connectivity index (χ2v) is 10.7. The summed E-state index contributed by atoms with van der Waals surface area (Å²) in [5, 5.41) is 10.7. The van der Waals surface area contributed by atoms with Gasteiger partial charge in [0.25, 0.3) is 0 Å². The van der Waals surface area contributed by atoms with Gasteiger partial charge >= 0.3 is 0 Å². The second kappa shape index (κ2) is 5.81. The summed E-state index contributed by atoms with van der Waals surface area (Å²) >= 11 is 0. The third-order valence-corrected chi connectivity index (χ3v) is 9.80. The maximum atomic E-state index is 12.3. The molecule has 4 saturated carbocycles. The lowest BCUT2D eigenvalue weighted by atomic mass is 9.42. The van der Waals surface area contributed by atoms with Crippen molar-refractivity contribution in [1.82, 2.24) is 0 Å². The van der Waals surface area contributed by atoms with Gasteiger partial charge in [-0.25, -0.2) is 0 Å². The van der Waals surface area contributed by atoms with E-state index in [1.807, 2.05) is 6.92 Å². The number of carbonyl (C=O) groups excluding carboxylic acids is 1. The summed E-state index contributed by atoms with van der Waals surface area (Å²) in [5.74, 6) is 3.93. The van der Waals surface area contributed by atoms with Gasteiger partial charge in [0.2, 0.25) is 0 Å². The molecule has 2 heteroatoms. The first-order valence-corrected chi connectivity index (χ1v) is 11.0. The number of hydrogen-bond acceptors (Lipinski definition) is 2. The van der Waals surface area contributed by atoms with Gasteiger partial charge < -0.3 is 5.11 Å². The van der Waals surface area contributed by atoms with Gasteiger partial charge in [-0.1, -0.05) is 13.8 Å². The highest BCUT2D eigenvalue weighted by molar-refractivity contribution is 5.79. The number of aliphatic hydroxyl groups is 1. The Kier molecular flexibility index (Phi) is 4.19. The molecule has 0 bridgehead atoms. The van der Waals surface area contributed by atoms with Crippen LogP contribution in [-0.4, -0.2) is 16.5 Å².